The van der Waals surface area contributed by atoms with Crippen LogP contribution in [0.15, 0.2) is 46.9 Å². The summed E-state index contributed by atoms with van der Waals surface area (Å²) in [6.07, 6.45) is 2.61. The van der Waals surface area contributed by atoms with Crippen LogP contribution in [0.2, 0.25) is 0 Å². The van der Waals surface area contributed by atoms with Crippen molar-refractivity contribution < 1.29 is 9.47 Å². The molecule has 1 aliphatic rings. The van der Waals surface area contributed by atoms with Crippen molar-refractivity contribution in [3.63, 3.8) is 0 Å². The zero-order valence-corrected chi connectivity index (χ0v) is 18.5. The standard InChI is InChI=1S/C23H31BrN2O2/c1-3-26-12-8-11-20(26)16-25-15-19-13-21(24)23(22(14-19)27-4-2)28-17-18-9-6-5-7-10-18/h5-7,9-10,13-14,20,25H,3-4,8,11-12,15-17H2,1-2H3/t20-/m0/s1. The molecule has 28 heavy (non-hydrogen) atoms. The Morgan fingerprint density at radius 3 is 2.68 bits per heavy atom. The summed E-state index contributed by atoms with van der Waals surface area (Å²) in [6.45, 7) is 9.60. The van der Waals surface area contributed by atoms with Crippen LogP contribution >= 0.6 is 15.9 Å². The molecule has 5 heteroatoms. The first-order chi connectivity index (χ1) is 13.7. The Kier molecular flexibility index (Phi) is 8.19. The Labute approximate surface area is 177 Å². The van der Waals surface area contributed by atoms with Gasteiger partial charge in [0, 0.05) is 19.1 Å². The Hall–Kier alpha value is -1.56. The van der Waals surface area contributed by atoms with Crippen molar-refractivity contribution in [2.45, 2.75) is 45.9 Å². The fourth-order valence-corrected chi connectivity index (χ4v) is 4.39. The highest BCUT2D eigenvalue weighted by Gasteiger charge is 2.22. The Balaban J connectivity index is 1.62. The highest BCUT2D eigenvalue weighted by molar-refractivity contribution is 9.10. The fraction of sp³-hybridized carbons (Fsp3) is 0.478. The van der Waals surface area contributed by atoms with Gasteiger partial charge >= 0.3 is 0 Å². The van der Waals surface area contributed by atoms with Crippen LogP contribution in [-0.2, 0) is 13.2 Å². The van der Waals surface area contributed by atoms with Crippen LogP contribution in [0.5, 0.6) is 11.5 Å². The number of benzene rings is 2. The lowest BCUT2D eigenvalue weighted by atomic mass is 10.1. The molecule has 2 aromatic carbocycles. The van der Waals surface area contributed by atoms with Gasteiger partial charge in [-0.05, 0) is 72.0 Å². The molecular weight excluding hydrogens is 416 g/mol. The normalized spacial score (nSPS) is 17.0. The van der Waals surface area contributed by atoms with E-state index in [4.69, 9.17) is 9.47 Å². The lowest BCUT2D eigenvalue weighted by Gasteiger charge is -2.23. The molecule has 1 atom stereocenters. The van der Waals surface area contributed by atoms with E-state index < -0.39 is 0 Å². The highest BCUT2D eigenvalue weighted by Crippen LogP contribution is 2.37. The number of likely N-dealkylation sites (tertiary alicyclic amines) is 1. The van der Waals surface area contributed by atoms with Gasteiger partial charge in [0.05, 0.1) is 11.1 Å². The smallest absolute Gasteiger partial charge is 0.175 e. The van der Waals surface area contributed by atoms with Crippen molar-refractivity contribution in [2.24, 2.45) is 0 Å². The number of rotatable bonds is 10. The SMILES string of the molecule is CCOc1cc(CNC[C@@H]2CCCN2CC)cc(Br)c1OCc1ccccc1. The highest BCUT2D eigenvalue weighted by atomic mass is 79.9. The second-order valence-corrected chi connectivity index (χ2v) is 8.02. The average Bonchev–Trinajstić information content (AvgIpc) is 3.16. The van der Waals surface area contributed by atoms with E-state index in [2.05, 4.69) is 57.3 Å². The lowest BCUT2D eigenvalue weighted by Crippen LogP contribution is -2.37. The first-order valence-electron chi connectivity index (χ1n) is 10.3. The van der Waals surface area contributed by atoms with Crippen LogP contribution in [0.25, 0.3) is 0 Å². The minimum absolute atomic E-state index is 0.519. The van der Waals surface area contributed by atoms with Crippen molar-refractivity contribution in [3.05, 3.63) is 58.1 Å². The summed E-state index contributed by atoms with van der Waals surface area (Å²) in [5, 5.41) is 3.62. The molecule has 1 N–H and O–H groups in total. The van der Waals surface area contributed by atoms with E-state index in [1.807, 2.05) is 25.1 Å². The van der Waals surface area contributed by atoms with Gasteiger partial charge in [-0.2, -0.15) is 0 Å². The Morgan fingerprint density at radius 2 is 1.93 bits per heavy atom. The van der Waals surface area contributed by atoms with E-state index in [0.717, 1.165) is 41.2 Å². The quantitative estimate of drug-likeness (QED) is 0.556. The molecular formula is C23H31BrN2O2. The van der Waals surface area contributed by atoms with E-state index >= 15 is 0 Å². The van der Waals surface area contributed by atoms with Gasteiger partial charge < -0.3 is 14.8 Å². The minimum Gasteiger partial charge on any atom is -0.490 e. The van der Waals surface area contributed by atoms with Crippen molar-refractivity contribution in [2.75, 3.05) is 26.2 Å². The van der Waals surface area contributed by atoms with Gasteiger partial charge in [-0.15, -0.1) is 0 Å². The summed E-state index contributed by atoms with van der Waals surface area (Å²) >= 11 is 3.68. The molecule has 0 radical (unpaired) electrons. The number of halogens is 1. The van der Waals surface area contributed by atoms with Gasteiger partial charge in [0.15, 0.2) is 11.5 Å². The molecule has 0 aromatic heterocycles. The number of nitrogens with zero attached hydrogens (tertiary/aromatic N) is 1. The van der Waals surface area contributed by atoms with Gasteiger partial charge in [0.1, 0.15) is 6.61 Å². The van der Waals surface area contributed by atoms with Crippen molar-refractivity contribution >= 4 is 15.9 Å². The molecule has 0 saturated carbocycles. The molecule has 0 bridgehead atoms. The summed E-state index contributed by atoms with van der Waals surface area (Å²) < 4.78 is 12.9. The van der Waals surface area contributed by atoms with Crippen LogP contribution in [0, 0.1) is 0 Å². The van der Waals surface area contributed by atoms with E-state index in [-0.39, 0.29) is 0 Å². The third-order valence-electron chi connectivity index (χ3n) is 5.21. The maximum absolute atomic E-state index is 6.08. The average molecular weight is 447 g/mol. The monoisotopic (exact) mass is 446 g/mol. The fourth-order valence-electron chi connectivity index (χ4n) is 3.78. The third kappa shape index (κ3) is 5.72. The third-order valence-corrected chi connectivity index (χ3v) is 5.80. The Morgan fingerprint density at radius 1 is 1.11 bits per heavy atom. The van der Waals surface area contributed by atoms with Gasteiger partial charge in [0.25, 0.3) is 0 Å². The Bertz CT molecular complexity index is 739. The topological polar surface area (TPSA) is 33.7 Å². The van der Waals surface area contributed by atoms with E-state index in [1.165, 1.54) is 24.9 Å². The maximum atomic E-state index is 6.08. The molecule has 1 saturated heterocycles. The van der Waals surface area contributed by atoms with Crippen LogP contribution in [0.3, 0.4) is 0 Å². The van der Waals surface area contributed by atoms with Gasteiger partial charge in [-0.1, -0.05) is 37.3 Å². The molecule has 1 fully saturated rings. The number of hydrogen-bond acceptors (Lipinski definition) is 4. The predicted molar refractivity (Wildman–Crippen MR) is 118 cm³/mol. The molecule has 152 valence electrons. The summed E-state index contributed by atoms with van der Waals surface area (Å²) in [7, 11) is 0. The molecule has 0 unspecified atom stereocenters. The summed E-state index contributed by atoms with van der Waals surface area (Å²) in [6, 6.07) is 15.1. The number of hydrogen-bond donors (Lipinski definition) is 1. The van der Waals surface area contributed by atoms with E-state index in [9.17, 15) is 0 Å². The minimum atomic E-state index is 0.519. The van der Waals surface area contributed by atoms with Crippen molar-refractivity contribution in [1.82, 2.24) is 10.2 Å². The molecule has 0 aliphatic carbocycles. The molecule has 4 nitrogen and oxygen atoms in total. The van der Waals surface area contributed by atoms with Crippen molar-refractivity contribution in [3.8, 4) is 11.5 Å². The molecule has 3 rings (SSSR count). The van der Waals surface area contributed by atoms with E-state index in [1.54, 1.807) is 0 Å². The van der Waals surface area contributed by atoms with Gasteiger partial charge in [-0.3, -0.25) is 4.90 Å². The molecule has 1 aliphatic heterocycles. The first kappa shape index (κ1) is 21.2. The van der Waals surface area contributed by atoms with Crippen LogP contribution in [-0.4, -0.2) is 37.2 Å². The summed E-state index contributed by atoms with van der Waals surface area (Å²) in [5.74, 6) is 1.56. The predicted octanol–water partition coefficient (Wildman–Crippen LogP) is 5.00. The van der Waals surface area contributed by atoms with Crippen LogP contribution in [0.4, 0.5) is 0 Å². The number of nitrogens with one attached hydrogen (secondary N) is 1. The molecule has 0 amide bonds. The second kappa shape index (κ2) is 10.8. The molecule has 2 aromatic rings. The van der Waals surface area contributed by atoms with Gasteiger partial charge in [0.2, 0.25) is 0 Å². The number of ether oxygens (including phenoxy) is 2. The lowest BCUT2D eigenvalue weighted by molar-refractivity contribution is 0.259. The largest absolute Gasteiger partial charge is 0.490 e. The summed E-state index contributed by atoms with van der Waals surface area (Å²) in [5.41, 5.74) is 2.34. The zero-order chi connectivity index (χ0) is 19.8. The summed E-state index contributed by atoms with van der Waals surface area (Å²) in [4.78, 5) is 2.56. The van der Waals surface area contributed by atoms with Crippen molar-refractivity contribution in [1.29, 1.82) is 0 Å². The van der Waals surface area contributed by atoms with Crippen LogP contribution < -0.4 is 14.8 Å². The van der Waals surface area contributed by atoms with Crippen LogP contribution in [0.1, 0.15) is 37.8 Å². The molecule has 0 spiro atoms. The number of likely N-dealkylation sites (N-methyl/N-ethyl adjacent to an activating group) is 1. The second-order valence-electron chi connectivity index (χ2n) is 7.17. The molecule has 1 heterocycles. The van der Waals surface area contributed by atoms with E-state index in [0.29, 0.717) is 19.3 Å². The first-order valence-corrected chi connectivity index (χ1v) is 11.1. The zero-order valence-electron chi connectivity index (χ0n) is 16.9. The van der Waals surface area contributed by atoms with Gasteiger partial charge in [-0.25, -0.2) is 0 Å². The maximum Gasteiger partial charge on any atom is 0.175 e.